The third kappa shape index (κ3) is 3.06. The van der Waals surface area contributed by atoms with Crippen molar-refractivity contribution in [1.82, 2.24) is 4.57 Å². The maximum absolute atomic E-state index is 12.8. The van der Waals surface area contributed by atoms with Crippen molar-refractivity contribution in [1.29, 1.82) is 5.26 Å². The lowest BCUT2D eigenvalue weighted by Gasteiger charge is -2.10. The van der Waals surface area contributed by atoms with E-state index < -0.39 is 11.3 Å². The summed E-state index contributed by atoms with van der Waals surface area (Å²) in [6.07, 6.45) is 1.39. The fourth-order valence-corrected chi connectivity index (χ4v) is 2.55. The van der Waals surface area contributed by atoms with Gasteiger partial charge in [-0.1, -0.05) is 29.8 Å². The fraction of sp³-hybridized carbons (Fsp3) is 0.0500. The molecule has 0 aliphatic heterocycles. The molecule has 0 spiro atoms. The van der Waals surface area contributed by atoms with Crippen molar-refractivity contribution in [3.8, 4) is 17.5 Å². The van der Waals surface area contributed by atoms with E-state index in [1.165, 1.54) is 22.9 Å². The molecule has 1 heterocycles. The molecule has 0 saturated carbocycles. The van der Waals surface area contributed by atoms with Gasteiger partial charge in [-0.15, -0.1) is 0 Å². The van der Waals surface area contributed by atoms with Crippen molar-refractivity contribution in [2.45, 2.75) is 6.92 Å². The minimum atomic E-state index is -0.501. The lowest BCUT2D eigenvalue weighted by Crippen LogP contribution is -2.22. The zero-order valence-corrected chi connectivity index (χ0v) is 13.4. The Labute approximate surface area is 144 Å². The van der Waals surface area contributed by atoms with Crippen molar-refractivity contribution in [2.24, 2.45) is 0 Å². The Morgan fingerprint density at radius 3 is 2.52 bits per heavy atom. The summed E-state index contributed by atoms with van der Waals surface area (Å²) in [5.74, 6) is -0.603. The SMILES string of the molecule is Cc1ccc(O)c(C(=O)c2cc(C#N)c(=O)n(-c3ccccc3)c2)c1. The molecule has 122 valence electrons. The number of rotatable bonds is 3. The monoisotopic (exact) mass is 330 g/mol. The molecule has 0 fully saturated rings. The average molecular weight is 330 g/mol. The van der Waals surface area contributed by atoms with E-state index in [-0.39, 0.29) is 22.4 Å². The number of benzene rings is 2. The second kappa shape index (κ2) is 6.46. The van der Waals surface area contributed by atoms with Crippen LogP contribution in [-0.2, 0) is 0 Å². The number of aromatic hydroxyl groups is 1. The van der Waals surface area contributed by atoms with E-state index in [9.17, 15) is 20.0 Å². The van der Waals surface area contributed by atoms with Gasteiger partial charge in [0.2, 0.25) is 0 Å². The van der Waals surface area contributed by atoms with Crippen LogP contribution >= 0.6 is 0 Å². The molecule has 2 aromatic carbocycles. The molecule has 3 aromatic rings. The molecule has 5 heteroatoms. The molecule has 25 heavy (non-hydrogen) atoms. The third-order valence-electron chi connectivity index (χ3n) is 3.83. The van der Waals surface area contributed by atoms with E-state index in [4.69, 9.17) is 0 Å². The largest absolute Gasteiger partial charge is 0.507 e. The first-order valence-corrected chi connectivity index (χ1v) is 7.58. The van der Waals surface area contributed by atoms with E-state index in [2.05, 4.69) is 0 Å². The van der Waals surface area contributed by atoms with Crippen molar-refractivity contribution in [2.75, 3.05) is 0 Å². The summed E-state index contributed by atoms with van der Waals surface area (Å²) in [6, 6.07) is 16.5. The molecular formula is C20H14N2O3. The highest BCUT2D eigenvalue weighted by molar-refractivity contribution is 6.10. The predicted molar refractivity (Wildman–Crippen MR) is 93.0 cm³/mol. The van der Waals surface area contributed by atoms with Crippen molar-refractivity contribution < 1.29 is 9.90 Å². The van der Waals surface area contributed by atoms with Crippen LogP contribution in [0.1, 0.15) is 27.0 Å². The number of ketones is 1. The molecule has 3 rings (SSSR count). The van der Waals surface area contributed by atoms with Crippen molar-refractivity contribution >= 4 is 5.78 Å². The van der Waals surface area contributed by atoms with E-state index in [1.807, 2.05) is 13.0 Å². The lowest BCUT2D eigenvalue weighted by atomic mass is 10.0. The Morgan fingerprint density at radius 2 is 1.84 bits per heavy atom. The maximum atomic E-state index is 12.8. The first-order valence-electron chi connectivity index (χ1n) is 7.58. The summed E-state index contributed by atoms with van der Waals surface area (Å²) in [6.45, 7) is 1.81. The van der Waals surface area contributed by atoms with Crippen LogP contribution in [0.2, 0.25) is 0 Å². The van der Waals surface area contributed by atoms with Crippen LogP contribution in [-0.4, -0.2) is 15.5 Å². The number of phenols is 1. The number of hydrogen-bond acceptors (Lipinski definition) is 4. The first-order chi connectivity index (χ1) is 12.0. The van der Waals surface area contributed by atoms with Crippen molar-refractivity contribution in [3.05, 3.63) is 93.4 Å². The minimum Gasteiger partial charge on any atom is -0.507 e. The summed E-state index contributed by atoms with van der Waals surface area (Å²) >= 11 is 0. The quantitative estimate of drug-likeness (QED) is 0.748. The van der Waals surface area contributed by atoms with Crippen LogP contribution < -0.4 is 5.56 Å². The molecule has 0 bridgehead atoms. The second-order valence-electron chi connectivity index (χ2n) is 5.61. The Bertz CT molecular complexity index is 1060. The number of hydrogen-bond donors (Lipinski definition) is 1. The summed E-state index contributed by atoms with van der Waals surface area (Å²) in [7, 11) is 0. The molecular weight excluding hydrogens is 316 g/mol. The van der Waals surface area contributed by atoms with Gasteiger partial charge in [-0.25, -0.2) is 0 Å². The molecule has 0 saturated heterocycles. The zero-order chi connectivity index (χ0) is 18.0. The van der Waals surface area contributed by atoms with Gasteiger partial charge in [0.25, 0.3) is 5.56 Å². The molecule has 1 N–H and O–H groups in total. The number of para-hydroxylation sites is 1. The summed E-state index contributed by atoms with van der Waals surface area (Å²) in [5.41, 5.74) is 1.01. The molecule has 0 aliphatic carbocycles. The topological polar surface area (TPSA) is 83.1 Å². The predicted octanol–water partition coefficient (Wildman–Crippen LogP) is 2.95. The van der Waals surface area contributed by atoms with E-state index >= 15 is 0 Å². The van der Waals surface area contributed by atoms with Crippen LogP contribution in [0, 0.1) is 18.3 Å². The van der Waals surface area contributed by atoms with Gasteiger partial charge in [-0.3, -0.25) is 14.2 Å². The van der Waals surface area contributed by atoms with Crippen LogP contribution in [0.25, 0.3) is 5.69 Å². The number of carbonyl (C=O) groups is 1. The Morgan fingerprint density at radius 1 is 1.12 bits per heavy atom. The number of nitriles is 1. The van der Waals surface area contributed by atoms with Gasteiger partial charge in [0.1, 0.15) is 17.4 Å². The van der Waals surface area contributed by atoms with E-state index in [0.717, 1.165) is 5.56 Å². The summed E-state index contributed by atoms with van der Waals surface area (Å²) in [4.78, 5) is 25.2. The molecule has 1 aromatic heterocycles. The van der Waals surface area contributed by atoms with Gasteiger partial charge in [0, 0.05) is 17.4 Å². The van der Waals surface area contributed by atoms with Crippen molar-refractivity contribution in [3.63, 3.8) is 0 Å². The molecule has 0 aliphatic rings. The molecule has 5 nitrogen and oxygen atoms in total. The van der Waals surface area contributed by atoms with E-state index in [1.54, 1.807) is 42.5 Å². The maximum Gasteiger partial charge on any atom is 0.273 e. The molecule has 0 amide bonds. The normalized spacial score (nSPS) is 10.2. The summed E-state index contributed by atoms with van der Waals surface area (Å²) in [5, 5.41) is 19.2. The van der Waals surface area contributed by atoms with Crippen LogP contribution in [0.15, 0.2) is 65.6 Å². The van der Waals surface area contributed by atoms with E-state index in [0.29, 0.717) is 5.69 Å². The van der Waals surface area contributed by atoms with Crippen LogP contribution in [0.3, 0.4) is 0 Å². The highest BCUT2D eigenvalue weighted by atomic mass is 16.3. The first kappa shape index (κ1) is 16.2. The molecule has 0 unspecified atom stereocenters. The molecule has 0 radical (unpaired) electrons. The minimum absolute atomic E-state index is 0.127. The molecule has 0 atom stereocenters. The standard InChI is InChI=1S/C20H14N2O3/c1-13-7-8-18(23)17(9-13)19(24)15-10-14(11-21)20(25)22(12-15)16-5-3-2-4-6-16/h2-10,12,23H,1H3. The average Bonchev–Trinajstić information content (AvgIpc) is 2.64. The van der Waals surface area contributed by atoms with Gasteiger partial charge in [-0.05, 0) is 37.3 Å². The van der Waals surface area contributed by atoms with Gasteiger partial charge < -0.3 is 5.11 Å². The Kier molecular flexibility index (Phi) is 4.19. The second-order valence-corrected chi connectivity index (χ2v) is 5.61. The smallest absolute Gasteiger partial charge is 0.273 e. The third-order valence-corrected chi connectivity index (χ3v) is 3.83. The number of pyridine rings is 1. The van der Waals surface area contributed by atoms with Gasteiger partial charge in [0.05, 0.1) is 5.56 Å². The van der Waals surface area contributed by atoms with Gasteiger partial charge in [0.15, 0.2) is 5.78 Å². The number of carbonyl (C=O) groups excluding carboxylic acids is 1. The van der Waals surface area contributed by atoms with Crippen LogP contribution in [0.5, 0.6) is 5.75 Å². The lowest BCUT2D eigenvalue weighted by molar-refractivity contribution is 0.103. The number of phenolic OH excluding ortho intramolecular Hbond substituents is 1. The Balaban J connectivity index is 2.21. The van der Waals surface area contributed by atoms with Crippen LogP contribution in [0.4, 0.5) is 0 Å². The fourth-order valence-electron chi connectivity index (χ4n) is 2.55. The van der Waals surface area contributed by atoms with Gasteiger partial charge >= 0.3 is 0 Å². The summed E-state index contributed by atoms with van der Waals surface area (Å²) < 4.78 is 1.26. The van der Waals surface area contributed by atoms with Gasteiger partial charge in [-0.2, -0.15) is 5.26 Å². The highest BCUT2D eigenvalue weighted by Crippen LogP contribution is 2.22. The number of aromatic nitrogens is 1. The zero-order valence-electron chi connectivity index (χ0n) is 13.4. The highest BCUT2D eigenvalue weighted by Gasteiger charge is 2.17. The Hall–Kier alpha value is -3.65. The number of aryl methyl sites for hydroxylation is 1. The number of nitrogens with zero attached hydrogens (tertiary/aromatic N) is 2.